The van der Waals surface area contributed by atoms with Gasteiger partial charge in [-0.3, -0.25) is 19.2 Å². The summed E-state index contributed by atoms with van der Waals surface area (Å²) in [5.74, 6) is -3.85. The number of hydrogen-bond donors (Lipinski definition) is 4. The summed E-state index contributed by atoms with van der Waals surface area (Å²) in [5, 5.41) is 42.8. The van der Waals surface area contributed by atoms with E-state index in [-0.39, 0.29) is 19.3 Å². The summed E-state index contributed by atoms with van der Waals surface area (Å²) < 4.78 is 40.4. The van der Waals surface area contributed by atoms with Crippen molar-refractivity contribution in [2.75, 3.05) is 19.8 Å². The van der Waals surface area contributed by atoms with Gasteiger partial charge in [-0.1, -0.05) is 80.1 Å². The maximum atomic E-state index is 13.4. The zero-order valence-electron chi connectivity index (χ0n) is 32.7. The van der Waals surface area contributed by atoms with E-state index in [1.807, 2.05) is 0 Å². The van der Waals surface area contributed by atoms with Crippen molar-refractivity contribution in [3.63, 3.8) is 0 Å². The highest BCUT2D eigenvalue weighted by atomic mass is 16.8. The molecule has 15 heteroatoms. The van der Waals surface area contributed by atoms with E-state index in [9.17, 15) is 39.6 Å². The van der Waals surface area contributed by atoms with E-state index in [0.29, 0.717) is 37.0 Å². The molecule has 2 aliphatic rings. The maximum absolute atomic E-state index is 13.4. The Bertz CT molecular complexity index is 1110. The standard InChI is InChI=1S/C38H66O15/c1-23(2)14-8-11-17-29(42)49-33-27(20-39)48-37(53-38(22-40)36(46)32(45)28(52-38)21-47-26(7)41)35(51-31(44)19-13-10-16-25(5)6)34(33)50-30(43)18-12-9-15-24(3)4/h23-25,27-28,32-37,39-40,45-46H,8-22H2,1-7H3/t27-,28-,32-,33-,34+,35-,36+,37-,38+/m1/s1. The first-order valence-electron chi connectivity index (χ1n) is 19.3. The van der Waals surface area contributed by atoms with E-state index in [1.54, 1.807) is 0 Å². The van der Waals surface area contributed by atoms with Gasteiger partial charge >= 0.3 is 23.9 Å². The normalized spacial score (nSPS) is 28.7. The van der Waals surface area contributed by atoms with E-state index in [0.717, 1.165) is 45.4 Å². The fourth-order valence-corrected chi connectivity index (χ4v) is 6.27. The zero-order valence-corrected chi connectivity index (χ0v) is 32.7. The molecular weight excluding hydrogens is 696 g/mol. The molecule has 2 heterocycles. The van der Waals surface area contributed by atoms with Crippen LogP contribution in [0.3, 0.4) is 0 Å². The van der Waals surface area contributed by atoms with Crippen LogP contribution in [0.4, 0.5) is 0 Å². The number of rotatable bonds is 24. The first kappa shape index (κ1) is 46.8. The number of aliphatic hydroxyl groups excluding tert-OH is 4. The predicted octanol–water partition coefficient (Wildman–Crippen LogP) is 3.48. The van der Waals surface area contributed by atoms with Gasteiger partial charge in [0.1, 0.15) is 37.6 Å². The number of hydrogen-bond acceptors (Lipinski definition) is 15. The van der Waals surface area contributed by atoms with Gasteiger partial charge < -0.3 is 53.6 Å². The van der Waals surface area contributed by atoms with Gasteiger partial charge in [-0.2, -0.15) is 0 Å². The quantitative estimate of drug-likeness (QED) is 0.0630. The summed E-state index contributed by atoms with van der Waals surface area (Å²) in [4.78, 5) is 51.4. The second kappa shape index (κ2) is 23.5. The Hall–Kier alpha value is -2.40. The van der Waals surface area contributed by atoms with Gasteiger partial charge in [0.25, 0.3) is 0 Å². The molecule has 9 atom stereocenters. The molecule has 2 fully saturated rings. The van der Waals surface area contributed by atoms with E-state index in [2.05, 4.69) is 41.5 Å². The molecular formula is C38H66O15. The lowest BCUT2D eigenvalue weighted by Gasteiger charge is -2.46. The summed E-state index contributed by atoms with van der Waals surface area (Å²) in [7, 11) is 0. The van der Waals surface area contributed by atoms with Crippen LogP contribution in [0.2, 0.25) is 0 Å². The minimum atomic E-state index is -2.41. The molecule has 15 nitrogen and oxygen atoms in total. The average Bonchev–Trinajstić information content (AvgIpc) is 3.32. The Balaban J connectivity index is 2.50. The van der Waals surface area contributed by atoms with Gasteiger partial charge in [0, 0.05) is 26.2 Å². The highest BCUT2D eigenvalue weighted by Crippen LogP contribution is 2.38. The highest BCUT2D eigenvalue weighted by molar-refractivity contribution is 5.71. The molecule has 0 amide bonds. The fourth-order valence-electron chi connectivity index (χ4n) is 6.27. The van der Waals surface area contributed by atoms with Crippen molar-refractivity contribution in [1.82, 2.24) is 0 Å². The van der Waals surface area contributed by atoms with Gasteiger partial charge in [0.05, 0.1) is 6.61 Å². The van der Waals surface area contributed by atoms with Crippen molar-refractivity contribution in [2.24, 2.45) is 17.8 Å². The zero-order chi connectivity index (χ0) is 39.7. The lowest BCUT2D eigenvalue weighted by Crippen LogP contribution is -2.65. The second-order valence-corrected chi connectivity index (χ2v) is 15.5. The average molecular weight is 763 g/mol. The van der Waals surface area contributed by atoms with Gasteiger partial charge in [-0.05, 0) is 37.0 Å². The maximum Gasteiger partial charge on any atom is 0.306 e. The Morgan fingerprint density at radius 2 is 1.11 bits per heavy atom. The molecule has 0 aliphatic carbocycles. The fraction of sp³-hybridized carbons (Fsp3) is 0.895. The number of carbonyl (C=O) groups is 4. The van der Waals surface area contributed by atoms with Crippen LogP contribution >= 0.6 is 0 Å². The van der Waals surface area contributed by atoms with Crippen molar-refractivity contribution in [3.05, 3.63) is 0 Å². The van der Waals surface area contributed by atoms with E-state index in [4.69, 9.17) is 33.2 Å². The van der Waals surface area contributed by atoms with Crippen LogP contribution in [0.1, 0.15) is 126 Å². The van der Waals surface area contributed by atoms with Crippen molar-refractivity contribution < 1.29 is 72.8 Å². The number of carbonyl (C=O) groups excluding carboxylic acids is 4. The molecule has 53 heavy (non-hydrogen) atoms. The molecule has 0 aromatic carbocycles. The van der Waals surface area contributed by atoms with Crippen LogP contribution in [0.15, 0.2) is 0 Å². The third-order valence-electron chi connectivity index (χ3n) is 9.30. The molecule has 0 aromatic heterocycles. The molecule has 2 saturated heterocycles. The lowest BCUT2D eigenvalue weighted by molar-refractivity contribution is -0.384. The first-order chi connectivity index (χ1) is 25.0. The predicted molar refractivity (Wildman–Crippen MR) is 190 cm³/mol. The van der Waals surface area contributed by atoms with Gasteiger partial charge in [-0.15, -0.1) is 0 Å². The van der Waals surface area contributed by atoms with Crippen LogP contribution in [-0.2, 0) is 52.3 Å². The third-order valence-corrected chi connectivity index (χ3v) is 9.30. The Kier molecular flexibility index (Phi) is 20.7. The van der Waals surface area contributed by atoms with Crippen molar-refractivity contribution in [1.29, 1.82) is 0 Å². The largest absolute Gasteiger partial charge is 0.463 e. The third kappa shape index (κ3) is 15.7. The van der Waals surface area contributed by atoms with Crippen molar-refractivity contribution in [2.45, 2.75) is 180 Å². The molecule has 308 valence electrons. The first-order valence-corrected chi connectivity index (χ1v) is 19.3. The highest BCUT2D eigenvalue weighted by Gasteiger charge is 2.60. The van der Waals surface area contributed by atoms with Crippen molar-refractivity contribution in [3.8, 4) is 0 Å². The smallest absolute Gasteiger partial charge is 0.306 e. The molecule has 0 saturated carbocycles. The summed E-state index contributed by atoms with van der Waals surface area (Å²) in [6.07, 6.45) is -6.38. The monoisotopic (exact) mass is 762 g/mol. The summed E-state index contributed by atoms with van der Waals surface area (Å²) in [6, 6.07) is 0. The number of aliphatic hydroxyl groups is 4. The Labute approximate surface area is 314 Å². The molecule has 0 aromatic rings. The number of unbranched alkanes of at least 4 members (excludes halogenated alkanes) is 3. The van der Waals surface area contributed by atoms with Crippen LogP contribution in [0.5, 0.6) is 0 Å². The van der Waals surface area contributed by atoms with Gasteiger partial charge in [0.2, 0.25) is 12.1 Å². The van der Waals surface area contributed by atoms with Crippen molar-refractivity contribution >= 4 is 23.9 Å². The second-order valence-electron chi connectivity index (χ2n) is 15.5. The number of ether oxygens (including phenoxy) is 7. The summed E-state index contributed by atoms with van der Waals surface area (Å²) >= 11 is 0. The summed E-state index contributed by atoms with van der Waals surface area (Å²) in [6.45, 7) is 11.2. The molecule has 4 N–H and O–H groups in total. The summed E-state index contributed by atoms with van der Waals surface area (Å²) in [5.41, 5.74) is 0. The molecule has 0 bridgehead atoms. The van der Waals surface area contributed by atoms with Gasteiger partial charge in [0.15, 0.2) is 18.3 Å². The lowest BCUT2D eigenvalue weighted by atomic mass is 9.97. The van der Waals surface area contributed by atoms with E-state index in [1.165, 1.54) is 0 Å². The Morgan fingerprint density at radius 1 is 0.660 bits per heavy atom. The molecule has 0 spiro atoms. The van der Waals surface area contributed by atoms with Crippen LogP contribution < -0.4 is 0 Å². The van der Waals surface area contributed by atoms with E-state index < -0.39 is 98.5 Å². The van der Waals surface area contributed by atoms with E-state index >= 15 is 0 Å². The molecule has 0 radical (unpaired) electrons. The van der Waals surface area contributed by atoms with Gasteiger partial charge in [-0.25, -0.2) is 0 Å². The minimum absolute atomic E-state index is 0.00243. The molecule has 2 aliphatic heterocycles. The van der Waals surface area contributed by atoms with Crippen LogP contribution in [0.25, 0.3) is 0 Å². The molecule has 0 unspecified atom stereocenters. The Morgan fingerprint density at radius 3 is 1.53 bits per heavy atom. The van der Waals surface area contributed by atoms with Crippen LogP contribution in [0, 0.1) is 17.8 Å². The topological polar surface area (TPSA) is 214 Å². The minimum Gasteiger partial charge on any atom is -0.463 e. The molecule has 2 rings (SSSR count). The SMILES string of the molecule is CC(=O)OC[C@H]1O[C@@](CO)(O[C@H]2O[C@H](CO)[C@@H](OC(=O)CCCCC(C)C)[C@H](OC(=O)CCCCC(C)C)[C@H]2OC(=O)CCCCC(C)C)[C@@H](O)[C@@H]1O. The number of esters is 4. The van der Waals surface area contributed by atoms with Crippen LogP contribution in [-0.4, -0.2) is 119 Å².